The van der Waals surface area contributed by atoms with E-state index in [2.05, 4.69) is 4.83 Å². The van der Waals surface area contributed by atoms with Gasteiger partial charge in [-0.25, -0.2) is 13.4 Å². The van der Waals surface area contributed by atoms with E-state index in [1.165, 1.54) is 24.3 Å². The van der Waals surface area contributed by atoms with Gasteiger partial charge in [0.2, 0.25) is 0 Å². The zero-order valence-electron chi connectivity index (χ0n) is 11.5. The molecule has 0 unspecified atom stereocenters. The second kappa shape index (κ2) is 7.14. The van der Waals surface area contributed by atoms with Crippen molar-refractivity contribution in [3.8, 4) is 6.07 Å². The number of Topliss-reactive ketones (excluding diaryl/α,β-unsaturated/α-hetero) is 1. The highest BCUT2D eigenvalue weighted by molar-refractivity contribution is 7.89. The Labute approximate surface area is 119 Å². The minimum absolute atomic E-state index is 0.0814. The molecular weight excluding hydrogens is 278 g/mol. The Morgan fingerprint density at radius 1 is 1.25 bits per heavy atom. The maximum atomic E-state index is 12.1. The smallest absolute Gasteiger partial charge is 0.253 e. The van der Waals surface area contributed by atoms with E-state index in [4.69, 9.17) is 5.26 Å². The number of carbonyl (C=O) groups excluding carboxylic acids is 1. The zero-order chi connectivity index (χ0) is 15.2. The number of rotatable bonds is 7. The van der Waals surface area contributed by atoms with Crippen molar-refractivity contribution in [2.24, 2.45) is 0 Å². The molecule has 0 aromatic heterocycles. The SMILES string of the molecule is CCN(CC)NS(=O)(=O)c1ccc(C(=O)CC#N)cc1. The van der Waals surface area contributed by atoms with Crippen LogP contribution in [-0.4, -0.2) is 32.3 Å². The van der Waals surface area contributed by atoms with Gasteiger partial charge in [0.05, 0.1) is 17.4 Å². The number of nitriles is 1. The molecule has 0 fully saturated rings. The molecule has 0 bridgehead atoms. The fraction of sp³-hybridized carbons (Fsp3) is 0.385. The van der Waals surface area contributed by atoms with E-state index in [1.54, 1.807) is 11.1 Å². The van der Waals surface area contributed by atoms with Crippen molar-refractivity contribution in [2.75, 3.05) is 13.1 Å². The molecule has 0 atom stereocenters. The molecule has 0 saturated heterocycles. The third-order valence-electron chi connectivity index (χ3n) is 2.74. The maximum Gasteiger partial charge on any atom is 0.253 e. The largest absolute Gasteiger partial charge is 0.293 e. The van der Waals surface area contributed by atoms with E-state index >= 15 is 0 Å². The first-order valence-electron chi connectivity index (χ1n) is 6.22. The summed E-state index contributed by atoms with van der Waals surface area (Å²) in [6, 6.07) is 7.31. The molecule has 0 spiro atoms. The van der Waals surface area contributed by atoms with Gasteiger partial charge in [0, 0.05) is 18.7 Å². The molecule has 20 heavy (non-hydrogen) atoms. The van der Waals surface area contributed by atoms with E-state index in [1.807, 2.05) is 13.8 Å². The summed E-state index contributed by atoms with van der Waals surface area (Å²) in [5, 5.41) is 10.0. The van der Waals surface area contributed by atoms with Gasteiger partial charge in [-0.2, -0.15) is 5.26 Å². The van der Waals surface area contributed by atoms with Gasteiger partial charge in [-0.1, -0.05) is 26.0 Å². The molecule has 1 aromatic carbocycles. The van der Waals surface area contributed by atoms with Crippen LogP contribution in [0.15, 0.2) is 29.2 Å². The minimum Gasteiger partial charge on any atom is -0.293 e. The molecule has 0 amide bonds. The molecule has 1 aromatic rings. The highest BCUT2D eigenvalue weighted by Crippen LogP contribution is 2.12. The van der Waals surface area contributed by atoms with E-state index in [-0.39, 0.29) is 17.1 Å². The summed E-state index contributed by atoms with van der Waals surface area (Å²) in [5.41, 5.74) is 0.327. The van der Waals surface area contributed by atoms with Crippen LogP contribution >= 0.6 is 0 Å². The van der Waals surface area contributed by atoms with Crippen LogP contribution in [0.3, 0.4) is 0 Å². The lowest BCUT2D eigenvalue weighted by Gasteiger charge is -2.19. The van der Waals surface area contributed by atoms with Crippen molar-refractivity contribution in [1.29, 1.82) is 5.26 Å². The van der Waals surface area contributed by atoms with Gasteiger partial charge in [-0.05, 0) is 12.1 Å². The van der Waals surface area contributed by atoms with Crippen molar-refractivity contribution in [2.45, 2.75) is 25.2 Å². The number of sulfonamides is 1. The molecular formula is C13H17N3O3S. The van der Waals surface area contributed by atoms with Gasteiger partial charge >= 0.3 is 0 Å². The van der Waals surface area contributed by atoms with Gasteiger partial charge in [-0.15, -0.1) is 4.83 Å². The van der Waals surface area contributed by atoms with E-state index < -0.39 is 10.0 Å². The predicted molar refractivity (Wildman–Crippen MR) is 74.2 cm³/mol. The lowest BCUT2D eigenvalue weighted by molar-refractivity contribution is 0.0997. The minimum atomic E-state index is -3.64. The zero-order valence-corrected chi connectivity index (χ0v) is 12.3. The summed E-state index contributed by atoms with van der Waals surface area (Å²) < 4.78 is 24.2. The van der Waals surface area contributed by atoms with Crippen molar-refractivity contribution in [1.82, 2.24) is 9.84 Å². The van der Waals surface area contributed by atoms with Crippen LogP contribution in [0.1, 0.15) is 30.6 Å². The molecule has 1 rings (SSSR count). The fourth-order valence-corrected chi connectivity index (χ4v) is 2.77. The second-order valence-corrected chi connectivity index (χ2v) is 5.71. The van der Waals surface area contributed by atoms with Gasteiger partial charge < -0.3 is 0 Å². The first kappa shape index (κ1) is 16.3. The van der Waals surface area contributed by atoms with Crippen molar-refractivity contribution in [3.63, 3.8) is 0 Å². The Morgan fingerprint density at radius 2 is 1.80 bits per heavy atom. The number of benzene rings is 1. The molecule has 0 aliphatic heterocycles. The average molecular weight is 295 g/mol. The van der Waals surface area contributed by atoms with Crippen LogP contribution in [-0.2, 0) is 10.0 Å². The van der Waals surface area contributed by atoms with Crippen molar-refractivity contribution >= 4 is 15.8 Å². The summed E-state index contributed by atoms with van der Waals surface area (Å²) in [4.78, 5) is 14.0. The van der Waals surface area contributed by atoms with Crippen LogP contribution in [0, 0.1) is 11.3 Å². The number of carbonyl (C=O) groups is 1. The summed E-state index contributed by atoms with van der Waals surface area (Å²) in [7, 11) is -3.64. The number of nitrogens with zero attached hydrogens (tertiary/aromatic N) is 2. The maximum absolute atomic E-state index is 12.1. The van der Waals surface area contributed by atoms with Crippen LogP contribution in [0.4, 0.5) is 0 Å². The Morgan fingerprint density at radius 3 is 2.25 bits per heavy atom. The molecule has 108 valence electrons. The van der Waals surface area contributed by atoms with Crippen molar-refractivity contribution < 1.29 is 13.2 Å². The molecule has 1 N–H and O–H groups in total. The van der Waals surface area contributed by atoms with Crippen LogP contribution in [0.2, 0.25) is 0 Å². The normalized spacial score (nSPS) is 11.3. The molecule has 0 radical (unpaired) electrons. The van der Waals surface area contributed by atoms with Crippen LogP contribution in [0.25, 0.3) is 0 Å². The first-order valence-corrected chi connectivity index (χ1v) is 7.70. The van der Waals surface area contributed by atoms with Crippen LogP contribution in [0.5, 0.6) is 0 Å². The molecule has 0 aliphatic rings. The molecule has 7 heteroatoms. The molecule has 0 heterocycles. The number of ketones is 1. The Kier molecular flexibility index (Phi) is 5.82. The number of hydrazine groups is 1. The van der Waals surface area contributed by atoms with Gasteiger partial charge in [-0.3, -0.25) is 4.79 Å². The molecule has 0 aliphatic carbocycles. The molecule has 6 nitrogen and oxygen atoms in total. The third-order valence-corrected chi connectivity index (χ3v) is 4.13. The number of hydrogen-bond donors (Lipinski definition) is 1. The van der Waals surface area contributed by atoms with E-state index in [0.29, 0.717) is 18.7 Å². The summed E-state index contributed by atoms with van der Waals surface area (Å²) in [6.45, 7) is 4.79. The summed E-state index contributed by atoms with van der Waals surface area (Å²) in [5.74, 6) is -0.326. The van der Waals surface area contributed by atoms with E-state index in [9.17, 15) is 13.2 Å². The van der Waals surface area contributed by atoms with E-state index in [0.717, 1.165) is 0 Å². The topological polar surface area (TPSA) is 90.3 Å². The van der Waals surface area contributed by atoms with Gasteiger partial charge in [0.15, 0.2) is 5.78 Å². The third kappa shape index (κ3) is 4.13. The standard InChI is InChI=1S/C13H17N3O3S/c1-3-16(4-2)15-20(18,19)12-7-5-11(6-8-12)13(17)9-10-14/h5-8,15H,3-4,9H2,1-2H3. The summed E-state index contributed by atoms with van der Waals surface area (Å²) >= 11 is 0. The Hall–Kier alpha value is -1.75. The average Bonchev–Trinajstić information content (AvgIpc) is 2.45. The first-order chi connectivity index (χ1) is 9.44. The van der Waals surface area contributed by atoms with Gasteiger partial charge in [0.25, 0.3) is 10.0 Å². The van der Waals surface area contributed by atoms with Crippen molar-refractivity contribution in [3.05, 3.63) is 29.8 Å². The number of nitrogens with one attached hydrogen (secondary N) is 1. The second-order valence-electron chi connectivity index (χ2n) is 4.05. The lowest BCUT2D eigenvalue weighted by atomic mass is 10.1. The lowest BCUT2D eigenvalue weighted by Crippen LogP contribution is -2.41. The number of hydrogen-bond acceptors (Lipinski definition) is 5. The summed E-state index contributed by atoms with van der Waals surface area (Å²) in [6.07, 6.45) is -0.218. The quantitative estimate of drug-likeness (QED) is 0.605. The highest BCUT2D eigenvalue weighted by Gasteiger charge is 2.17. The highest BCUT2D eigenvalue weighted by atomic mass is 32.2. The predicted octanol–water partition coefficient (Wildman–Crippen LogP) is 1.32. The van der Waals surface area contributed by atoms with Gasteiger partial charge in [0.1, 0.15) is 0 Å². The Bertz CT molecular complexity index is 599. The monoisotopic (exact) mass is 295 g/mol. The molecule has 0 saturated carbocycles. The van der Waals surface area contributed by atoms with Crippen LogP contribution < -0.4 is 4.83 Å². The Balaban J connectivity index is 2.93. The fourth-order valence-electron chi connectivity index (χ4n) is 1.57.